The number of nitrogens with zero attached hydrogens (tertiary/aromatic N) is 1. The Morgan fingerprint density at radius 2 is 1.93 bits per heavy atom. The number of aliphatic hydroxyl groups is 1. The summed E-state index contributed by atoms with van der Waals surface area (Å²) in [6.07, 6.45) is -3.80. The second-order valence-corrected chi connectivity index (χ2v) is 8.03. The van der Waals surface area contributed by atoms with E-state index in [2.05, 4.69) is 5.16 Å². The normalized spacial score (nSPS) is 14.1. The van der Waals surface area contributed by atoms with Crippen LogP contribution in [0.25, 0.3) is 11.3 Å². The van der Waals surface area contributed by atoms with Crippen LogP contribution in [0.5, 0.6) is 0 Å². The van der Waals surface area contributed by atoms with E-state index in [-0.39, 0.29) is 22.8 Å². The predicted molar refractivity (Wildman–Crippen MR) is 89.4 cm³/mol. The molecule has 2 atom stereocenters. The number of rotatable bonds is 8. The lowest BCUT2D eigenvalue weighted by Gasteiger charge is -2.21. The summed E-state index contributed by atoms with van der Waals surface area (Å²) in [5.41, 5.74) is 0.919. The third kappa shape index (κ3) is 5.79. The molecule has 0 saturated heterocycles. The molecular formula is C16H17F3N2O5S. The largest absolute Gasteiger partial charge is 0.386 e. The highest BCUT2D eigenvalue weighted by molar-refractivity contribution is 7.89. The van der Waals surface area contributed by atoms with Crippen LogP contribution in [0, 0.1) is 0 Å². The van der Waals surface area contributed by atoms with Gasteiger partial charge in [-0.25, -0.2) is 12.8 Å². The number of sulfone groups is 1. The lowest BCUT2D eigenvalue weighted by atomic mass is 10.0. The second kappa shape index (κ2) is 8.53. The van der Waals surface area contributed by atoms with Crippen molar-refractivity contribution in [2.75, 3.05) is 12.9 Å². The minimum atomic E-state index is -3.32. The van der Waals surface area contributed by atoms with E-state index in [0.29, 0.717) is 5.56 Å². The molecule has 0 bridgehead atoms. The minimum Gasteiger partial charge on any atom is -0.386 e. The van der Waals surface area contributed by atoms with E-state index in [4.69, 9.17) is 4.52 Å². The number of alkyl halides is 3. The Morgan fingerprint density at radius 1 is 1.30 bits per heavy atom. The highest BCUT2D eigenvalue weighted by atomic mass is 32.2. The fourth-order valence-electron chi connectivity index (χ4n) is 2.31. The Bertz CT molecular complexity index is 884. The first-order valence-electron chi connectivity index (χ1n) is 7.67. The Labute approximate surface area is 153 Å². The van der Waals surface area contributed by atoms with Gasteiger partial charge in [-0.2, -0.15) is 8.78 Å². The van der Waals surface area contributed by atoms with Crippen molar-refractivity contribution in [3.05, 3.63) is 41.6 Å². The van der Waals surface area contributed by atoms with E-state index in [9.17, 15) is 31.5 Å². The summed E-state index contributed by atoms with van der Waals surface area (Å²) in [5, 5.41) is 15.5. The summed E-state index contributed by atoms with van der Waals surface area (Å²) < 4.78 is 65.1. The van der Waals surface area contributed by atoms with Gasteiger partial charge >= 0.3 is 6.43 Å². The average Bonchev–Trinajstić information content (AvgIpc) is 3.05. The maximum absolute atomic E-state index is 13.0. The summed E-state index contributed by atoms with van der Waals surface area (Å²) in [6, 6.07) is 5.70. The lowest BCUT2D eigenvalue weighted by molar-refractivity contribution is -0.133. The number of benzene rings is 1. The fourth-order valence-corrected chi connectivity index (χ4v) is 2.98. The molecule has 11 heteroatoms. The van der Waals surface area contributed by atoms with Crippen LogP contribution in [0.15, 0.2) is 34.9 Å². The van der Waals surface area contributed by atoms with Gasteiger partial charge in [-0.15, -0.1) is 0 Å². The molecule has 148 valence electrons. The van der Waals surface area contributed by atoms with Crippen molar-refractivity contribution in [1.29, 1.82) is 0 Å². The van der Waals surface area contributed by atoms with Crippen molar-refractivity contribution in [3.63, 3.8) is 0 Å². The van der Waals surface area contributed by atoms with E-state index in [1.807, 2.05) is 0 Å². The first-order valence-corrected chi connectivity index (χ1v) is 9.73. The summed E-state index contributed by atoms with van der Waals surface area (Å²) in [5.74, 6) is -1.67. The molecule has 0 saturated carbocycles. The molecule has 2 rings (SSSR count). The van der Waals surface area contributed by atoms with Crippen LogP contribution < -0.4 is 5.32 Å². The van der Waals surface area contributed by atoms with Crippen LogP contribution in [-0.4, -0.2) is 50.0 Å². The van der Waals surface area contributed by atoms with Gasteiger partial charge in [0.25, 0.3) is 5.91 Å². The number of hydrogen-bond acceptors (Lipinski definition) is 6. The van der Waals surface area contributed by atoms with Crippen LogP contribution in [0.2, 0.25) is 0 Å². The third-order valence-electron chi connectivity index (χ3n) is 3.58. The van der Waals surface area contributed by atoms with Gasteiger partial charge in [-0.3, -0.25) is 4.79 Å². The molecule has 27 heavy (non-hydrogen) atoms. The van der Waals surface area contributed by atoms with Crippen LogP contribution in [0.1, 0.15) is 17.4 Å². The SMILES string of the molecule is CS(=O)(=O)Cc1cc(-c2ccc(C(O)C(CF)NC(=O)C(F)F)cc2)on1. The van der Waals surface area contributed by atoms with E-state index < -0.39 is 41.0 Å². The zero-order valence-electron chi connectivity index (χ0n) is 14.1. The van der Waals surface area contributed by atoms with Crippen molar-refractivity contribution in [2.45, 2.75) is 24.3 Å². The minimum absolute atomic E-state index is 0.187. The maximum Gasteiger partial charge on any atom is 0.315 e. The van der Waals surface area contributed by atoms with Gasteiger partial charge in [0.2, 0.25) is 0 Å². The first-order chi connectivity index (χ1) is 12.6. The Morgan fingerprint density at radius 3 is 2.44 bits per heavy atom. The van der Waals surface area contributed by atoms with Crippen molar-refractivity contribution in [2.24, 2.45) is 0 Å². The van der Waals surface area contributed by atoms with Gasteiger partial charge < -0.3 is 14.9 Å². The Balaban J connectivity index is 2.13. The average molecular weight is 406 g/mol. The molecular weight excluding hydrogens is 389 g/mol. The Kier molecular flexibility index (Phi) is 6.60. The molecule has 2 unspecified atom stereocenters. The van der Waals surface area contributed by atoms with Gasteiger partial charge in [-0.05, 0) is 5.56 Å². The molecule has 0 radical (unpaired) electrons. The Hall–Kier alpha value is -2.40. The second-order valence-electron chi connectivity index (χ2n) is 5.89. The molecule has 1 heterocycles. The van der Waals surface area contributed by atoms with E-state index in [1.165, 1.54) is 30.3 Å². The van der Waals surface area contributed by atoms with E-state index in [0.717, 1.165) is 6.26 Å². The van der Waals surface area contributed by atoms with Crippen molar-refractivity contribution in [3.8, 4) is 11.3 Å². The van der Waals surface area contributed by atoms with Gasteiger partial charge in [0.05, 0.1) is 17.5 Å². The quantitative estimate of drug-likeness (QED) is 0.690. The number of carbonyl (C=O) groups excluding carboxylic acids is 1. The highest BCUT2D eigenvalue weighted by Gasteiger charge is 2.26. The van der Waals surface area contributed by atoms with Gasteiger partial charge in [0.15, 0.2) is 15.6 Å². The topological polar surface area (TPSA) is 110 Å². The molecule has 0 fully saturated rings. The zero-order chi connectivity index (χ0) is 20.2. The van der Waals surface area contributed by atoms with Crippen LogP contribution in [0.4, 0.5) is 13.2 Å². The molecule has 1 aromatic heterocycles. The molecule has 1 amide bonds. The van der Waals surface area contributed by atoms with Crippen molar-refractivity contribution < 1.29 is 36.0 Å². The molecule has 1 aromatic carbocycles. The van der Waals surface area contributed by atoms with Crippen LogP contribution in [-0.2, 0) is 20.4 Å². The monoisotopic (exact) mass is 406 g/mol. The standard InChI is InChI=1S/C16H17F3N2O5S/c1-27(24,25)8-11-6-13(26-21-11)9-2-4-10(5-3-9)14(22)12(7-17)20-16(23)15(18)19/h2-6,12,14-15,22H,7-8H2,1H3,(H,20,23). The van der Waals surface area contributed by atoms with Crippen LogP contribution in [0.3, 0.4) is 0 Å². The molecule has 0 aliphatic rings. The molecule has 0 aliphatic heterocycles. The number of carbonyl (C=O) groups is 1. The molecule has 2 N–H and O–H groups in total. The van der Waals surface area contributed by atoms with Crippen LogP contribution >= 0.6 is 0 Å². The van der Waals surface area contributed by atoms with Crippen molar-refractivity contribution >= 4 is 15.7 Å². The number of aliphatic hydroxyl groups excluding tert-OH is 1. The molecule has 2 aromatic rings. The zero-order valence-corrected chi connectivity index (χ0v) is 14.9. The third-order valence-corrected chi connectivity index (χ3v) is 4.40. The number of aromatic nitrogens is 1. The van der Waals surface area contributed by atoms with E-state index >= 15 is 0 Å². The number of hydrogen-bond donors (Lipinski definition) is 2. The maximum atomic E-state index is 13.0. The summed E-state index contributed by atoms with van der Waals surface area (Å²) in [6.45, 7) is -1.24. The summed E-state index contributed by atoms with van der Waals surface area (Å²) >= 11 is 0. The lowest BCUT2D eigenvalue weighted by Crippen LogP contribution is -2.43. The fraction of sp³-hybridized carbons (Fsp3) is 0.375. The predicted octanol–water partition coefficient (Wildman–Crippen LogP) is 1.64. The number of nitrogens with one attached hydrogen (secondary N) is 1. The van der Waals surface area contributed by atoms with Gasteiger partial charge in [0.1, 0.15) is 12.8 Å². The summed E-state index contributed by atoms with van der Waals surface area (Å²) in [4.78, 5) is 11.0. The molecule has 0 spiro atoms. The highest BCUT2D eigenvalue weighted by Crippen LogP contribution is 2.25. The molecule has 7 nitrogen and oxygen atoms in total. The smallest absolute Gasteiger partial charge is 0.315 e. The van der Waals surface area contributed by atoms with E-state index in [1.54, 1.807) is 5.32 Å². The van der Waals surface area contributed by atoms with Crippen molar-refractivity contribution in [1.82, 2.24) is 10.5 Å². The molecule has 0 aliphatic carbocycles. The van der Waals surface area contributed by atoms with Gasteiger partial charge in [-0.1, -0.05) is 29.4 Å². The first kappa shape index (κ1) is 20.9. The number of amides is 1. The summed E-state index contributed by atoms with van der Waals surface area (Å²) in [7, 11) is -3.27. The van der Waals surface area contributed by atoms with Gasteiger partial charge in [0, 0.05) is 17.9 Å². The number of halogens is 3.